The van der Waals surface area contributed by atoms with Gasteiger partial charge in [0.05, 0.1) is 18.7 Å². The van der Waals surface area contributed by atoms with E-state index in [-0.39, 0.29) is 5.56 Å². The highest BCUT2D eigenvalue weighted by molar-refractivity contribution is 7.17. The molecule has 4 rings (SSSR count). The van der Waals surface area contributed by atoms with Crippen molar-refractivity contribution < 1.29 is 14.1 Å². The summed E-state index contributed by atoms with van der Waals surface area (Å²) in [7, 11) is 2.04. The predicted octanol–water partition coefficient (Wildman–Crippen LogP) is 2.99. The number of benzene rings is 1. The monoisotopic (exact) mass is 416 g/mol. The van der Waals surface area contributed by atoms with Gasteiger partial charge in [-0.2, -0.15) is 0 Å². The van der Waals surface area contributed by atoms with Crippen LogP contribution in [0.2, 0.25) is 5.02 Å². The van der Waals surface area contributed by atoms with Crippen molar-refractivity contribution in [3.05, 3.63) is 69.2 Å². The molecular weight excluding hydrogens is 398 g/mol. The average molecular weight is 417 g/mol. The molecule has 0 aliphatic heterocycles. The molecule has 6 nitrogen and oxygen atoms in total. The van der Waals surface area contributed by atoms with E-state index < -0.39 is 0 Å². The molecule has 3 aromatic heterocycles. The first kappa shape index (κ1) is 18.7. The fraction of sp³-hybridized carbons (Fsp3) is 0.200. The molecule has 3 heterocycles. The Morgan fingerprint density at radius 2 is 2.11 bits per heavy atom. The van der Waals surface area contributed by atoms with E-state index in [1.807, 2.05) is 30.6 Å². The maximum Gasteiger partial charge on any atom is 0.260 e. The second-order valence-corrected chi connectivity index (χ2v) is 7.80. The van der Waals surface area contributed by atoms with Crippen LogP contribution in [0, 0.1) is 0 Å². The number of quaternary nitrogens is 1. The van der Waals surface area contributed by atoms with Gasteiger partial charge in [-0.3, -0.25) is 4.79 Å². The lowest BCUT2D eigenvalue weighted by molar-refractivity contribution is -0.894. The third kappa shape index (κ3) is 4.11. The predicted molar refractivity (Wildman–Crippen MR) is 110 cm³/mol. The van der Waals surface area contributed by atoms with Crippen LogP contribution in [0.4, 0.5) is 0 Å². The van der Waals surface area contributed by atoms with Gasteiger partial charge in [0.15, 0.2) is 5.82 Å². The zero-order chi connectivity index (χ0) is 19.5. The topological polar surface area (TPSA) is 72.6 Å². The lowest BCUT2D eigenvalue weighted by atomic mass is 10.2. The highest BCUT2D eigenvalue weighted by Gasteiger charge is 2.16. The normalized spacial score (nSPS) is 12.4. The average Bonchev–Trinajstić information content (AvgIpc) is 3.32. The molecule has 0 bridgehead atoms. The molecule has 0 fully saturated rings. The zero-order valence-electron chi connectivity index (χ0n) is 15.2. The molecule has 0 saturated carbocycles. The quantitative estimate of drug-likeness (QED) is 0.486. The van der Waals surface area contributed by atoms with E-state index in [2.05, 4.69) is 9.97 Å². The third-order valence-corrected chi connectivity index (χ3v) is 5.48. The summed E-state index contributed by atoms with van der Waals surface area (Å²) in [6.07, 6.45) is 1.60. The van der Waals surface area contributed by atoms with Gasteiger partial charge in [-0.15, -0.1) is 11.3 Å². The summed E-state index contributed by atoms with van der Waals surface area (Å²) < 4.78 is 11.2. The number of furan rings is 1. The Bertz CT molecular complexity index is 1120. The summed E-state index contributed by atoms with van der Waals surface area (Å²) in [5.41, 5.74) is 0.639. The molecule has 1 unspecified atom stereocenters. The largest absolute Gasteiger partial charge is 0.488 e. The SMILES string of the molecule is C[NH+](CCOc1ccc(Cl)cc1)Cc1nc2scc(-c3ccco3)c2c(=O)[nH]1. The molecule has 144 valence electrons. The van der Waals surface area contributed by atoms with Crippen molar-refractivity contribution in [1.29, 1.82) is 0 Å². The van der Waals surface area contributed by atoms with Gasteiger partial charge < -0.3 is 19.0 Å². The first-order chi connectivity index (χ1) is 13.6. The molecule has 0 aliphatic carbocycles. The van der Waals surface area contributed by atoms with Crippen molar-refractivity contribution in [2.75, 3.05) is 20.2 Å². The van der Waals surface area contributed by atoms with Crippen LogP contribution in [0.5, 0.6) is 5.75 Å². The Kier molecular flexibility index (Phi) is 5.47. The van der Waals surface area contributed by atoms with Gasteiger partial charge in [0, 0.05) is 16.0 Å². The lowest BCUT2D eigenvalue weighted by Crippen LogP contribution is -3.08. The van der Waals surface area contributed by atoms with Crippen LogP contribution < -0.4 is 15.2 Å². The number of H-pyrrole nitrogens is 1. The van der Waals surface area contributed by atoms with Crippen molar-refractivity contribution in [3.8, 4) is 17.1 Å². The van der Waals surface area contributed by atoms with Crippen molar-refractivity contribution in [1.82, 2.24) is 9.97 Å². The molecule has 0 radical (unpaired) electrons. The van der Waals surface area contributed by atoms with Crippen LogP contribution in [0.1, 0.15) is 5.82 Å². The number of fused-ring (bicyclic) bond motifs is 1. The first-order valence-electron chi connectivity index (χ1n) is 8.84. The van der Waals surface area contributed by atoms with E-state index in [1.165, 1.54) is 16.2 Å². The summed E-state index contributed by atoms with van der Waals surface area (Å²) in [6.45, 7) is 1.93. The molecular formula is C20H19ClN3O3S+. The van der Waals surface area contributed by atoms with Crippen molar-refractivity contribution in [3.63, 3.8) is 0 Å². The van der Waals surface area contributed by atoms with E-state index in [4.69, 9.17) is 20.8 Å². The fourth-order valence-corrected chi connectivity index (χ4v) is 4.01. The van der Waals surface area contributed by atoms with Gasteiger partial charge in [0.25, 0.3) is 5.56 Å². The van der Waals surface area contributed by atoms with E-state index >= 15 is 0 Å². The Labute approximate surface area is 170 Å². The molecule has 2 N–H and O–H groups in total. The van der Waals surface area contributed by atoms with Crippen molar-refractivity contribution >= 4 is 33.2 Å². The third-order valence-electron chi connectivity index (χ3n) is 4.36. The van der Waals surface area contributed by atoms with Crippen LogP contribution in [-0.4, -0.2) is 30.2 Å². The maximum atomic E-state index is 12.6. The second-order valence-electron chi connectivity index (χ2n) is 6.51. The molecule has 28 heavy (non-hydrogen) atoms. The molecule has 1 atom stereocenters. The minimum absolute atomic E-state index is 0.141. The van der Waals surface area contributed by atoms with Crippen LogP contribution >= 0.6 is 22.9 Å². The smallest absolute Gasteiger partial charge is 0.260 e. The number of thiophene rings is 1. The summed E-state index contributed by atoms with van der Waals surface area (Å²) >= 11 is 7.32. The number of aromatic amines is 1. The number of likely N-dealkylation sites (N-methyl/N-ethyl adjacent to an activating group) is 1. The molecule has 0 amide bonds. The fourth-order valence-electron chi connectivity index (χ4n) is 2.94. The minimum atomic E-state index is -0.141. The Balaban J connectivity index is 1.41. The van der Waals surface area contributed by atoms with E-state index in [1.54, 1.807) is 24.5 Å². The van der Waals surface area contributed by atoms with E-state index in [0.29, 0.717) is 35.1 Å². The minimum Gasteiger partial charge on any atom is -0.488 e. The van der Waals surface area contributed by atoms with Crippen molar-refractivity contribution in [2.24, 2.45) is 0 Å². The van der Waals surface area contributed by atoms with Gasteiger partial charge in [0.2, 0.25) is 0 Å². The van der Waals surface area contributed by atoms with Gasteiger partial charge in [-0.1, -0.05) is 11.6 Å². The Hall–Kier alpha value is -2.61. The zero-order valence-corrected chi connectivity index (χ0v) is 16.8. The van der Waals surface area contributed by atoms with Gasteiger partial charge in [-0.05, 0) is 36.4 Å². The molecule has 4 aromatic rings. The number of halogens is 1. The molecule has 8 heteroatoms. The van der Waals surface area contributed by atoms with Gasteiger partial charge in [0.1, 0.15) is 36.0 Å². The molecule has 0 saturated heterocycles. The van der Waals surface area contributed by atoms with Crippen LogP contribution in [0.3, 0.4) is 0 Å². The number of aromatic nitrogens is 2. The number of hydrogen-bond acceptors (Lipinski definition) is 5. The summed E-state index contributed by atoms with van der Waals surface area (Å²) in [5, 5.41) is 3.17. The van der Waals surface area contributed by atoms with Crippen LogP contribution in [0.15, 0.2) is 57.3 Å². The van der Waals surface area contributed by atoms with Gasteiger partial charge in [-0.25, -0.2) is 4.98 Å². The van der Waals surface area contributed by atoms with Crippen LogP contribution in [0.25, 0.3) is 21.5 Å². The van der Waals surface area contributed by atoms with E-state index in [0.717, 1.165) is 22.7 Å². The first-order valence-corrected chi connectivity index (χ1v) is 10.1. The number of ether oxygens (including phenoxy) is 1. The Morgan fingerprint density at radius 3 is 2.86 bits per heavy atom. The second kappa shape index (κ2) is 8.18. The van der Waals surface area contributed by atoms with E-state index in [9.17, 15) is 4.79 Å². The number of hydrogen-bond donors (Lipinski definition) is 2. The number of nitrogens with one attached hydrogen (secondary N) is 2. The van der Waals surface area contributed by atoms with Crippen LogP contribution in [-0.2, 0) is 6.54 Å². The maximum absolute atomic E-state index is 12.6. The highest BCUT2D eigenvalue weighted by atomic mass is 35.5. The molecule has 1 aromatic carbocycles. The summed E-state index contributed by atoms with van der Waals surface area (Å²) in [6, 6.07) is 10.9. The number of nitrogens with zero attached hydrogens (tertiary/aromatic N) is 1. The van der Waals surface area contributed by atoms with Crippen molar-refractivity contribution in [2.45, 2.75) is 6.54 Å². The lowest BCUT2D eigenvalue weighted by Gasteiger charge is -2.14. The molecule has 0 aliphatic rings. The van der Waals surface area contributed by atoms with Gasteiger partial charge >= 0.3 is 0 Å². The summed E-state index contributed by atoms with van der Waals surface area (Å²) in [5.74, 6) is 2.12. The highest BCUT2D eigenvalue weighted by Crippen LogP contribution is 2.30. The number of rotatable bonds is 7. The Morgan fingerprint density at radius 1 is 1.29 bits per heavy atom. The molecule has 0 spiro atoms. The summed E-state index contributed by atoms with van der Waals surface area (Å²) in [4.78, 5) is 22.0. The standard InChI is InChI=1S/C20H18ClN3O3S/c1-24(8-10-26-14-6-4-13(21)5-7-14)11-17-22-19(25)18-15(12-28-20(18)23-17)16-3-2-9-27-16/h2-7,9,12H,8,10-11H2,1H3,(H,22,23,25)/p+1.